The third-order valence-electron chi connectivity index (χ3n) is 6.41. The van der Waals surface area contributed by atoms with E-state index in [1.54, 1.807) is 14.2 Å². The average Bonchev–Trinajstić information content (AvgIpc) is 3.36. The van der Waals surface area contributed by atoms with Gasteiger partial charge in [-0.25, -0.2) is 4.79 Å². The van der Waals surface area contributed by atoms with Crippen molar-refractivity contribution in [2.45, 2.75) is 32.1 Å². The molecule has 0 aromatic heterocycles. The summed E-state index contributed by atoms with van der Waals surface area (Å²) in [6.45, 7) is 0.534. The third kappa shape index (κ3) is 4.77. The number of hydrogen-bond donors (Lipinski definition) is 1. The van der Waals surface area contributed by atoms with Crippen LogP contribution in [0.4, 0.5) is 0 Å². The van der Waals surface area contributed by atoms with Crippen molar-refractivity contribution in [2.24, 2.45) is 0 Å². The summed E-state index contributed by atoms with van der Waals surface area (Å²) >= 11 is 0. The van der Waals surface area contributed by atoms with Crippen LogP contribution in [-0.2, 0) is 27.5 Å². The lowest BCUT2D eigenvalue weighted by atomic mass is 9.96. The van der Waals surface area contributed by atoms with Gasteiger partial charge < -0.3 is 24.3 Å². The van der Waals surface area contributed by atoms with E-state index in [0.717, 1.165) is 38.4 Å². The molecule has 1 aliphatic rings. The van der Waals surface area contributed by atoms with Crippen LogP contribution in [0.1, 0.15) is 24.0 Å². The lowest BCUT2D eigenvalue weighted by Gasteiger charge is -2.16. The lowest BCUT2D eigenvalue weighted by molar-refractivity contribution is -0.147. The van der Waals surface area contributed by atoms with Crippen LogP contribution >= 0.6 is 0 Å². The maximum Gasteiger partial charge on any atom is 0.328 e. The summed E-state index contributed by atoms with van der Waals surface area (Å²) in [6, 6.07) is 21.2. The van der Waals surface area contributed by atoms with E-state index >= 15 is 0 Å². The number of esters is 1. The zero-order valence-corrected chi connectivity index (χ0v) is 20.2. The Hall–Kier alpha value is -4.26. The summed E-state index contributed by atoms with van der Waals surface area (Å²) in [7, 11) is 3.19. The number of amides is 1. The molecule has 1 heterocycles. The lowest BCUT2D eigenvalue weighted by Crippen LogP contribution is -2.34. The van der Waals surface area contributed by atoms with Crippen molar-refractivity contribution < 1.29 is 28.5 Å². The molecule has 1 aliphatic heterocycles. The first-order valence-electron chi connectivity index (χ1n) is 11.8. The van der Waals surface area contributed by atoms with Gasteiger partial charge in [-0.1, -0.05) is 36.4 Å². The predicted molar refractivity (Wildman–Crippen MR) is 136 cm³/mol. The molecule has 1 unspecified atom stereocenters. The van der Waals surface area contributed by atoms with Gasteiger partial charge in [0.25, 0.3) is 0 Å². The molecule has 7 nitrogen and oxygen atoms in total. The second kappa shape index (κ2) is 10.2. The van der Waals surface area contributed by atoms with Crippen LogP contribution in [0.2, 0.25) is 0 Å². The zero-order valence-electron chi connectivity index (χ0n) is 20.2. The number of benzene rings is 4. The highest BCUT2D eigenvalue weighted by Crippen LogP contribution is 2.39. The van der Waals surface area contributed by atoms with Crippen LogP contribution < -0.4 is 19.5 Å². The molecule has 5 rings (SSSR count). The van der Waals surface area contributed by atoms with Crippen LogP contribution in [0.15, 0.2) is 66.7 Å². The zero-order chi connectivity index (χ0) is 25.1. The first-order valence-corrected chi connectivity index (χ1v) is 11.8. The van der Waals surface area contributed by atoms with Gasteiger partial charge in [0.15, 0.2) is 11.5 Å². The first-order chi connectivity index (χ1) is 17.6. The topological polar surface area (TPSA) is 83.1 Å². The minimum Gasteiger partial charge on any atom is -0.493 e. The quantitative estimate of drug-likeness (QED) is 0.282. The summed E-state index contributed by atoms with van der Waals surface area (Å²) < 4.78 is 22.8. The summed E-state index contributed by atoms with van der Waals surface area (Å²) in [5.74, 6) is 1.37. The largest absolute Gasteiger partial charge is 0.493 e. The minimum absolute atomic E-state index is 0.0688. The Morgan fingerprint density at radius 1 is 0.889 bits per heavy atom. The Morgan fingerprint density at radius 2 is 1.64 bits per heavy atom. The van der Waals surface area contributed by atoms with E-state index in [9.17, 15) is 9.59 Å². The Morgan fingerprint density at radius 3 is 2.33 bits per heavy atom. The SMILES string of the molecule is COc1cc2c(COC(=O)C3CCC(=O)N3)cc3ccc(OCc4ccccc4)cc3c2cc1OC. The number of carbonyl (C=O) groups is 2. The van der Waals surface area contributed by atoms with E-state index in [-0.39, 0.29) is 12.5 Å². The van der Waals surface area contributed by atoms with E-state index in [2.05, 4.69) is 5.32 Å². The molecule has 0 saturated carbocycles. The molecule has 7 heteroatoms. The average molecular weight is 486 g/mol. The molecular formula is C29H27NO6. The van der Waals surface area contributed by atoms with Crippen molar-refractivity contribution in [3.63, 3.8) is 0 Å². The van der Waals surface area contributed by atoms with Gasteiger partial charge in [0.1, 0.15) is 25.0 Å². The van der Waals surface area contributed by atoms with E-state index < -0.39 is 12.0 Å². The van der Waals surface area contributed by atoms with Crippen molar-refractivity contribution in [1.82, 2.24) is 5.32 Å². The molecule has 1 saturated heterocycles. The van der Waals surface area contributed by atoms with Crippen molar-refractivity contribution in [3.8, 4) is 17.2 Å². The molecular weight excluding hydrogens is 458 g/mol. The second-order valence-electron chi connectivity index (χ2n) is 8.71. The summed E-state index contributed by atoms with van der Waals surface area (Å²) in [5.41, 5.74) is 1.92. The maximum atomic E-state index is 12.5. The second-order valence-corrected chi connectivity index (χ2v) is 8.71. The van der Waals surface area contributed by atoms with Crippen molar-refractivity contribution in [2.75, 3.05) is 14.2 Å². The molecule has 1 fully saturated rings. The first kappa shape index (κ1) is 23.5. The molecule has 0 radical (unpaired) electrons. The smallest absolute Gasteiger partial charge is 0.328 e. The fraction of sp³-hybridized carbons (Fsp3) is 0.241. The number of nitrogens with one attached hydrogen (secondary N) is 1. The van der Waals surface area contributed by atoms with E-state index in [1.807, 2.05) is 66.7 Å². The Labute approximate surface area is 208 Å². The highest BCUT2D eigenvalue weighted by atomic mass is 16.5. The number of carbonyl (C=O) groups excluding carboxylic acids is 2. The molecule has 184 valence electrons. The molecule has 0 bridgehead atoms. The molecule has 0 spiro atoms. The Kier molecular flexibility index (Phi) is 6.62. The van der Waals surface area contributed by atoms with Gasteiger partial charge >= 0.3 is 5.97 Å². The molecule has 4 aromatic carbocycles. The number of methoxy groups -OCH3 is 2. The van der Waals surface area contributed by atoms with Crippen molar-refractivity contribution >= 4 is 33.4 Å². The fourth-order valence-electron chi connectivity index (χ4n) is 4.52. The van der Waals surface area contributed by atoms with Gasteiger partial charge in [-0.2, -0.15) is 0 Å². The number of hydrogen-bond acceptors (Lipinski definition) is 6. The Bertz CT molecular complexity index is 1430. The molecule has 1 N–H and O–H groups in total. The molecule has 36 heavy (non-hydrogen) atoms. The minimum atomic E-state index is -0.594. The summed E-state index contributed by atoms with van der Waals surface area (Å²) in [5, 5.41) is 6.42. The summed E-state index contributed by atoms with van der Waals surface area (Å²) in [4.78, 5) is 24.0. The molecule has 1 amide bonds. The molecule has 1 atom stereocenters. The van der Waals surface area contributed by atoms with Gasteiger partial charge in [0, 0.05) is 6.42 Å². The van der Waals surface area contributed by atoms with E-state index in [1.165, 1.54) is 0 Å². The van der Waals surface area contributed by atoms with Crippen LogP contribution in [0.5, 0.6) is 17.2 Å². The maximum absolute atomic E-state index is 12.5. The van der Waals surface area contributed by atoms with Gasteiger partial charge in [0.2, 0.25) is 5.91 Å². The van der Waals surface area contributed by atoms with Crippen molar-refractivity contribution in [1.29, 1.82) is 0 Å². The van der Waals surface area contributed by atoms with Gasteiger partial charge in [-0.05, 0) is 69.4 Å². The number of fused-ring (bicyclic) bond motifs is 3. The van der Waals surface area contributed by atoms with Crippen molar-refractivity contribution in [3.05, 3.63) is 77.9 Å². The molecule has 4 aromatic rings. The van der Waals surface area contributed by atoms with Crippen LogP contribution in [0, 0.1) is 0 Å². The Balaban J connectivity index is 1.51. The number of rotatable bonds is 8. The van der Waals surface area contributed by atoms with Gasteiger partial charge in [-0.15, -0.1) is 0 Å². The van der Waals surface area contributed by atoms with E-state index in [4.69, 9.17) is 18.9 Å². The van der Waals surface area contributed by atoms with Crippen LogP contribution in [0.3, 0.4) is 0 Å². The third-order valence-corrected chi connectivity index (χ3v) is 6.41. The number of ether oxygens (including phenoxy) is 4. The summed E-state index contributed by atoms with van der Waals surface area (Å²) in [6.07, 6.45) is 0.789. The highest BCUT2D eigenvalue weighted by Gasteiger charge is 2.28. The highest BCUT2D eigenvalue weighted by molar-refractivity contribution is 6.10. The van der Waals surface area contributed by atoms with Gasteiger partial charge in [0.05, 0.1) is 14.2 Å². The van der Waals surface area contributed by atoms with E-state index in [0.29, 0.717) is 30.9 Å². The van der Waals surface area contributed by atoms with Gasteiger partial charge in [-0.3, -0.25) is 4.79 Å². The normalized spacial score (nSPS) is 15.1. The van der Waals surface area contributed by atoms with Crippen LogP contribution in [-0.4, -0.2) is 32.1 Å². The molecule has 0 aliphatic carbocycles. The monoisotopic (exact) mass is 485 g/mol. The standard InChI is InChI=1S/C29H27NO6/c1-33-26-14-23-20(17-36-29(32)25-10-11-28(31)30-25)12-19-8-9-21(35-16-18-6-4-3-5-7-18)13-22(19)24(23)15-27(26)34-2/h3-9,12-15,25H,10-11,16-17H2,1-2H3,(H,30,31). The van der Waals surface area contributed by atoms with Crippen LogP contribution in [0.25, 0.3) is 21.5 Å². The fourth-order valence-corrected chi connectivity index (χ4v) is 4.52. The predicted octanol–water partition coefficient (Wildman–Crippen LogP) is 4.91.